The molecule has 190 valence electrons. The Morgan fingerprint density at radius 1 is 1.14 bits per heavy atom. The monoisotopic (exact) mass is 521 g/mol. The van der Waals surface area contributed by atoms with Crippen LogP contribution in [-0.4, -0.2) is 57.1 Å². The van der Waals surface area contributed by atoms with Gasteiger partial charge in [-0.2, -0.15) is 0 Å². The minimum Gasteiger partial charge on any atom is -0.495 e. The van der Waals surface area contributed by atoms with Gasteiger partial charge in [0, 0.05) is 17.6 Å². The third kappa shape index (κ3) is 7.11. The van der Waals surface area contributed by atoms with Crippen molar-refractivity contribution in [2.45, 2.75) is 51.2 Å². The summed E-state index contributed by atoms with van der Waals surface area (Å²) in [6.07, 6.45) is 4.98. The number of sulfonamides is 1. The molecule has 1 aliphatic carbocycles. The number of hydrogen-bond donors (Lipinski definition) is 1. The third-order valence-electron chi connectivity index (χ3n) is 6.15. The van der Waals surface area contributed by atoms with Crippen LogP contribution in [-0.2, 0) is 26.2 Å². The second-order valence-electron chi connectivity index (χ2n) is 8.76. The molecule has 0 spiro atoms. The van der Waals surface area contributed by atoms with Gasteiger partial charge in [-0.3, -0.25) is 13.9 Å². The van der Waals surface area contributed by atoms with E-state index in [9.17, 15) is 18.0 Å². The lowest BCUT2D eigenvalue weighted by atomic mass is 10.1. The minimum atomic E-state index is -3.89. The van der Waals surface area contributed by atoms with Gasteiger partial charge in [-0.15, -0.1) is 0 Å². The van der Waals surface area contributed by atoms with Crippen molar-refractivity contribution >= 4 is 39.1 Å². The molecule has 3 rings (SSSR count). The SMILES string of the molecule is COc1ccc(Cl)cc1N(CC(=O)N(Cc1ccccc1)[C@@H](C)C(=O)NC1CCCC1)S(C)(=O)=O. The van der Waals surface area contributed by atoms with Gasteiger partial charge in [-0.25, -0.2) is 8.42 Å². The lowest BCUT2D eigenvalue weighted by Gasteiger charge is -2.32. The van der Waals surface area contributed by atoms with Crippen molar-refractivity contribution in [1.82, 2.24) is 10.2 Å². The van der Waals surface area contributed by atoms with Gasteiger partial charge < -0.3 is 15.0 Å². The van der Waals surface area contributed by atoms with Crippen LogP contribution in [0.1, 0.15) is 38.2 Å². The van der Waals surface area contributed by atoms with Gasteiger partial charge in [0.2, 0.25) is 21.8 Å². The zero-order valence-corrected chi connectivity index (χ0v) is 21.8. The molecule has 2 amide bonds. The average molecular weight is 522 g/mol. The topological polar surface area (TPSA) is 96.0 Å². The maximum absolute atomic E-state index is 13.6. The van der Waals surface area contributed by atoms with Crippen LogP contribution in [0.3, 0.4) is 0 Å². The molecule has 0 aliphatic heterocycles. The van der Waals surface area contributed by atoms with Crippen LogP contribution in [0.4, 0.5) is 5.69 Å². The molecule has 0 aromatic heterocycles. The van der Waals surface area contributed by atoms with Gasteiger partial charge in [0.05, 0.1) is 19.1 Å². The summed E-state index contributed by atoms with van der Waals surface area (Å²) in [4.78, 5) is 28.1. The number of ether oxygens (including phenoxy) is 1. The van der Waals surface area contributed by atoms with E-state index < -0.39 is 28.5 Å². The number of methoxy groups -OCH3 is 1. The van der Waals surface area contributed by atoms with E-state index in [0.717, 1.165) is 41.8 Å². The Hall–Kier alpha value is -2.78. The maximum atomic E-state index is 13.6. The van der Waals surface area contributed by atoms with Crippen LogP contribution in [0.5, 0.6) is 5.75 Å². The van der Waals surface area contributed by atoms with Crippen LogP contribution in [0.25, 0.3) is 0 Å². The predicted octanol–water partition coefficient (Wildman–Crippen LogP) is 3.59. The van der Waals surface area contributed by atoms with Crippen LogP contribution < -0.4 is 14.4 Å². The normalized spacial score (nSPS) is 14.9. The van der Waals surface area contributed by atoms with E-state index in [1.807, 2.05) is 30.3 Å². The Bertz CT molecular complexity index is 1140. The molecule has 2 aromatic carbocycles. The molecule has 1 saturated carbocycles. The van der Waals surface area contributed by atoms with Crippen molar-refractivity contribution in [1.29, 1.82) is 0 Å². The Kier molecular flexibility index (Phi) is 9.02. The van der Waals surface area contributed by atoms with E-state index in [0.29, 0.717) is 5.02 Å². The van der Waals surface area contributed by atoms with Crippen LogP contribution in [0.2, 0.25) is 5.02 Å². The van der Waals surface area contributed by atoms with Crippen LogP contribution in [0.15, 0.2) is 48.5 Å². The fourth-order valence-electron chi connectivity index (χ4n) is 4.21. The molecule has 2 aromatic rings. The number of nitrogens with zero attached hydrogens (tertiary/aromatic N) is 2. The largest absolute Gasteiger partial charge is 0.495 e. The fraction of sp³-hybridized carbons (Fsp3) is 0.440. The van der Waals surface area contributed by atoms with E-state index in [1.165, 1.54) is 18.1 Å². The van der Waals surface area contributed by atoms with E-state index >= 15 is 0 Å². The molecule has 0 bridgehead atoms. The summed E-state index contributed by atoms with van der Waals surface area (Å²) in [5.41, 5.74) is 0.978. The van der Waals surface area contributed by atoms with E-state index in [-0.39, 0.29) is 29.9 Å². The molecule has 8 nitrogen and oxygen atoms in total. The van der Waals surface area contributed by atoms with Gasteiger partial charge in [0.25, 0.3) is 0 Å². The van der Waals surface area contributed by atoms with Gasteiger partial charge >= 0.3 is 0 Å². The average Bonchev–Trinajstić information content (AvgIpc) is 3.33. The van der Waals surface area contributed by atoms with Crippen molar-refractivity contribution in [2.24, 2.45) is 0 Å². The number of hydrogen-bond acceptors (Lipinski definition) is 5. The highest BCUT2D eigenvalue weighted by Gasteiger charge is 2.32. The summed E-state index contributed by atoms with van der Waals surface area (Å²) >= 11 is 6.12. The first-order chi connectivity index (χ1) is 16.6. The molecule has 10 heteroatoms. The first kappa shape index (κ1) is 26.8. The molecular weight excluding hydrogens is 490 g/mol. The highest BCUT2D eigenvalue weighted by atomic mass is 35.5. The smallest absolute Gasteiger partial charge is 0.244 e. The Balaban J connectivity index is 1.91. The molecule has 0 saturated heterocycles. The summed E-state index contributed by atoms with van der Waals surface area (Å²) in [6, 6.07) is 13.1. The molecule has 1 atom stereocenters. The number of nitrogens with one attached hydrogen (secondary N) is 1. The quantitative estimate of drug-likeness (QED) is 0.515. The summed E-state index contributed by atoms with van der Waals surface area (Å²) in [5, 5.41) is 3.34. The number of carbonyl (C=O) groups is 2. The van der Waals surface area contributed by atoms with Crippen molar-refractivity contribution in [3.63, 3.8) is 0 Å². The van der Waals surface area contributed by atoms with Crippen LogP contribution in [0, 0.1) is 0 Å². The molecule has 35 heavy (non-hydrogen) atoms. The van der Waals surface area contributed by atoms with Gasteiger partial charge in [-0.1, -0.05) is 54.8 Å². The molecular formula is C25H32ClN3O5S. The number of anilines is 1. The standard InChI is InChI=1S/C25H32ClN3O5S/c1-18(25(31)27-21-11-7-8-12-21)28(16-19-9-5-4-6-10-19)24(30)17-29(35(3,32)33)22-15-20(26)13-14-23(22)34-2/h4-6,9-10,13-15,18,21H,7-8,11-12,16-17H2,1-3H3,(H,27,31)/t18-/m0/s1. The van der Waals surface area contributed by atoms with Crippen molar-refractivity contribution in [2.75, 3.05) is 24.2 Å². The molecule has 1 fully saturated rings. The fourth-order valence-corrected chi connectivity index (χ4v) is 5.22. The zero-order chi connectivity index (χ0) is 25.6. The molecule has 1 aliphatic rings. The number of carbonyl (C=O) groups excluding carboxylic acids is 2. The summed E-state index contributed by atoms with van der Waals surface area (Å²) in [5.74, 6) is -0.517. The Morgan fingerprint density at radius 3 is 2.40 bits per heavy atom. The highest BCUT2D eigenvalue weighted by molar-refractivity contribution is 7.92. The first-order valence-corrected chi connectivity index (χ1v) is 13.8. The molecule has 0 heterocycles. The lowest BCUT2D eigenvalue weighted by Crippen LogP contribution is -2.52. The van der Waals surface area contributed by atoms with E-state index in [2.05, 4.69) is 5.32 Å². The lowest BCUT2D eigenvalue weighted by molar-refractivity contribution is -0.139. The van der Waals surface area contributed by atoms with Crippen molar-refractivity contribution in [3.8, 4) is 5.75 Å². The zero-order valence-electron chi connectivity index (χ0n) is 20.2. The maximum Gasteiger partial charge on any atom is 0.244 e. The summed E-state index contributed by atoms with van der Waals surface area (Å²) in [6.45, 7) is 1.31. The first-order valence-electron chi connectivity index (χ1n) is 11.5. The van der Waals surface area contributed by atoms with Crippen molar-refractivity contribution < 1.29 is 22.7 Å². The van der Waals surface area contributed by atoms with Gasteiger partial charge in [0.1, 0.15) is 18.3 Å². The number of amides is 2. The predicted molar refractivity (Wildman–Crippen MR) is 137 cm³/mol. The Labute approximate surface area is 212 Å². The minimum absolute atomic E-state index is 0.0990. The third-order valence-corrected chi connectivity index (χ3v) is 7.51. The molecule has 0 unspecified atom stereocenters. The summed E-state index contributed by atoms with van der Waals surface area (Å²) < 4.78 is 31.8. The summed E-state index contributed by atoms with van der Waals surface area (Å²) in [7, 11) is -2.48. The molecule has 1 N–H and O–H groups in total. The highest BCUT2D eigenvalue weighted by Crippen LogP contribution is 2.33. The number of halogens is 1. The van der Waals surface area contributed by atoms with Crippen molar-refractivity contribution in [3.05, 3.63) is 59.1 Å². The van der Waals surface area contributed by atoms with Crippen LogP contribution >= 0.6 is 11.6 Å². The number of rotatable bonds is 10. The second-order valence-corrected chi connectivity index (χ2v) is 11.1. The number of benzene rings is 2. The van der Waals surface area contributed by atoms with E-state index in [4.69, 9.17) is 16.3 Å². The Morgan fingerprint density at radius 2 is 1.80 bits per heavy atom. The second kappa shape index (κ2) is 11.8. The van der Waals surface area contributed by atoms with Gasteiger partial charge in [0.15, 0.2) is 0 Å². The van der Waals surface area contributed by atoms with Gasteiger partial charge in [-0.05, 0) is 43.5 Å². The van der Waals surface area contributed by atoms with E-state index in [1.54, 1.807) is 19.1 Å². The molecule has 0 radical (unpaired) electrons.